The van der Waals surface area contributed by atoms with Gasteiger partial charge in [0, 0.05) is 26.7 Å². The second-order valence-corrected chi connectivity index (χ2v) is 5.47. The van der Waals surface area contributed by atoms with Gasteiger partial charge in [-0.15, -0.1) is 5.10 Å². The first-order valence-electron chi connectivity index (χ1n) is 7.24. The number of rotatable bonds is 4. The first-order chi connectivity index (χ1) is 12.7. The quantitative estimate of drug-likeness (QED) is 0.691. The molecule has 0 radical (unpaired) electrons. The lowest BCUT2D eigenvalue weighted by Crippen LogP contribution is -2.21. The summed E-state index contributed by atoms with van der Waals surface area (Å²) in [5, 5.41) is 29.4. The van der Waals surface area contributed by atoms with Gasteiger partial charge in [-0.25, -0.2) is 19.1 Å². The van der Waals surface area contributed by atoms with E-state index in [1.807, 2.05) is 0 Å². The Morgan fingerprint density at radius 3 is 1.71 bits per heavy atom. The molecule has 0 aliphatic carbocycles. The van der Waals surface area contributed by atoms with Crippen LogP contribution in [0.3, 0.4) is 0 Å². The highest BCUT2D eigenvalue weighted by Crippen LogP contribution is 2.22. The molecule has 0 aliphatic heterocycles. The monoisotopic (exact) mass is 404 g/mol. The van der Waals surface area contributed by atoms with Crippen molar-refractivity contribution in [2.24, 2.45) is 7.05 Å². The van der Waals surface area contributed by atoms with Gasteiger partial charge in [0.05, 0.1) is 11.1 Å². The van der Waals surface area contributed by atoms with Crippen molar-refractivity contribution in [1.29, 1.82) is 0 Å². The molecule has 0 bridgehead atoms. The van der Waals surface area contributed by atoms with Gasteiger partial charge in [-0.1, -0.05) is 0 Å². The highest BCUT2D eigenvalue weighted by molar-refractivity contribution is 5.95. The minimum atomic E-state index is -5.08. The van der Waals surface area contributed by atoms with Gasteiger partial charge < -0.3 is 20.2 Å². The third-order valence-electron chi connectivity index (χ3n) is 3.07. The van der Waals surface area contributed by atoms with Gasteiger partial charge in [0.25, 0.3) is 0 Å². The number of aromatic carboxylic acids is 2. The number of carboxylic acid groups (broad SMARTS) is 3. The Balaban J connectivity index is 0.000000480. The first-order valence-corrected chi connectivity index (χ1v) is 7.24. The number of anilines is 1. The first kappa shape index (κ1) is 22.4. The summed E-state index contributed by atoms with van der Waals surface area (Å²) in [5.74, 6) is -4.33. The summed E-state index contributed by atoms with van der Waals surface area (Å²) >= 11 is 0. The molecule has 152 valence electrons. The number of benzene rings is 1. The van der Waals surface area contributed by atoms with Crippen LogP contribution in [0.5, 0.6) is 0 Å². The predicted octanol–water partition coefficient (Wildman–Crippen LogP) is 1.58. The number of alkyl halides is 3. The van der Waals surface area contributed by atoms with Gasteiger partial charge in [0.15, 0.2) is 5.82 Å². The fourth-order valence-corrected chi connectivity index (χ4v) is 1.89. The summed E-state index contributed by atoms with van der Waals surface area (Å²) < 4.78 is 33.3. The van der Waals surface area contributed by atoms with Crippen molar-refractivity contribution in [3.05, 3.63) is 29.3 Å². The Morgan fingerprint density at radius 1 is 1.00 bits per heavy atom. The normalized spacial score (nSPS) is 10.6. The van der Waals surface area contributed by atoms with Gasteiger partial charge in [0.2, 0.25) is 5.95 Å². The van der Waals surface area contributed by atoms with Crippen molar-refractivity contribution in [3.63, 3.8) is 0 Å². The van der Waals surface area contributed by atoms with Crippen LogP contribution in [0.1, 0.15) is 20.7 Å². The van der Waals surface area contributed by atoms with E-state index in [0.717, 1.165) is 6.07 Å². The van der Waals surface area contributed by atoms with Crippen molar-refractivity contribution >= 4 is 23.9 Å². The lowest BCUT2D eigenvalue weighted by Gasteiger charge is -2.08. The number of carbonyl (C=O) groups is 3. The maximum absolute atomic E-state index is 11.1. The van der Waals surface area contributed by atoms with Crippen LogP contribution in [0.15, 0.2) is 18.2 Å². The molecule has 10 nitrogen and oxygen atoms in total. The molecular formula is C15H15F3N4O6. The molecule has 0 saturated carbocycles. The van der Waals surface area contributed by atoms with E-state index in [-0.39, 0.29) is 17.0 Å². The van der Waals surface area contributed by atoms with Crippen molar-refractivity contribution in [2.45, 2.75) is 6.18 Å². The molecular weight excluding hydrogens is 389 g/mol. The summed E-state index contributed by atoms with van der Waals surface area (Å²) in [6, 6.07) is 3.80. The zero-order valence-corrected chi connectivity index (χ0v) is 14.7. The molecule has 0 aliphatic rings. The van der Waals surface area contributed by atoms with Gasteiger partial charge in [-0.3, -0.25) is 0 Å². The van der Waals surface area contributed by atoms with Crippen LogP contribution in [-0.2, 0) is 11.8 Å². The van der Waals surface area contributed by atoms with E-state index in [0.29, 0.717) is 11.5 Å². The fourth-order valence-electron chi connectivity index (χ4n) is 1.89. The third-order valence-corrected chi connectivity index (χ3v) is 3.07. The van der Waals surface area contributed by atoms with Crippen LogP contribution in [0.4, 0.5) is 19.1 Å². The average Bonchev–Trinajstić information content (AvgIpc) is 2.96. The Hall–Kier alpha value is -3.64. The minimum Gasteiger partial charge on any atom is -0.478 e. The smallest absolute Gasteiger partial charge is 0.478 e. The largest absolute Gasteiger partial charge is 0.490 e. The highest BCUT2D eigenvalue weighted by Gasteiger charge is 2.38. The van der Waals surface area contributed by atoms with Gasteiger partial charge in [-0.05, 0) is 18.2 Å². The zero-order valence-electron chi connectivity index (χ0n) is 14.7. The lowest BCUT2D eigenvalue weighted by molar-refractivity contribution is -0.192. The van der Waals surface area contributed by atoms with Crippen molar-refractivity contribution in [1.82, 2.24) is 14.8 Å². The number of aryl methyl sites for hydroxylation is 1. The molecule has 0 unspecified atom stereocenters. The molecule has 13 heteroatoms. The molecule has 3 N–H and O–H groups in total. The predicted molar refractivity (Wildman–Crippen MR) is 88.4 cm³/mol. The standard InChI is InChI=1S/C13H14N4O4.C2HF3O2/c1-16(2)13-14-10(15-17(13)3)7-4-8(11(18)19)6-9(5-7)12(20)21;3-2(4,5)1(6)7/h4-6H,1-3H3,(H,18,19)(H,20,21);(H,6,7). The fraction of sp³-hybridized carbons (Fsp3) is 0.267. The van der Waals surface area contributed by atoms with E-state index < -0.39 is 24.1 Å². The Kier molecular flexibility index (Phi) is 6.69. The summed E-state index contributed by atoms with van der Waals surface area (Å²) in [6.07, 6.45) is -5.08. The molecule has 0 atom stereocenters. The van der Waals surface area contributed by atoms with E-state index in [1.54, 1.807) is 26.0 Å². The topological polar surface area (TPSA) is 146 Å². The third kappa shape index (κ3) is 5.69. The summed E-state index contributed by atoms with van der Waals surface area (Å²) in [4.78, 5) is 37.1. The van der Waals surface area contributed by atoms with Crippen LogP contribution in [0, 0.1) is 0 Å². The SMILES string of the molecule is CN(C)c1nc(-c2cc(C(=O)O)cc(C(=O)O)c2)nn1C.O=C(O)C(F)(F)F. The molecule has 1 aromatic heterocycles. The molecule has 0 amide bonds. The van der Waals surface area contributed by atoms with Crippen LogP contribution in [0.2, 0.25) is 0 Å². The summed E-state index contributed by atoms with van der Waals surface area (Å²) in [6.45, 7) is 0. The van der Waals surface area contributed by atoms with Crippen LogP contribution in [0.25, 0.3) is 11.4 Å². The summed E-state index contributed by atoms with van der Waals surface area (Å²) in [7, 11) is 5.29. The second-order valence-electron chi connectivity index (χ2n) is 5.47. The van der Waals surface area contributed by atoms with Crippen molar-refractivity contribution < 1.29 is 42.9 Å². The number of carboxylic acids is 3. The molecule has 1 aromatic carbocycles. The molecule has 1 heterocycles. The average molecular weight is 404 g/mol. The van der Waals surface area contributed by atoms with Gasteiger partial charge >= 0.3 is 24.1 Å². The maximum atomic E-state index is 11.1. The number of hydrogen-bond acceptors (Lipinski definition) is 6. The van der Waals surface area contributed by atoms with Crippen LogP contribution in [-0.4, -0.2) is 68.3 Å². The molecule has 28 heavy (non-hydrogen) atoms. The minimum absolute atomic E-state index is 0.122. The number of halogens is 3. The Morgan fingerprint density at radius 2 is 1.43 bits per heavy atom. The lowest BCUT2D eigenvalue weighted by atomic mass is 10.1. The van der Waals surface area contributed by atoms with E-state index in [2.05, 4.69) is 10.1 Å². The summed E-state index contributed by atoms with van der Waals surface area (Å²) in [5.41, 5.74) is 0.100. The maximum Gasteiger partial charge on any atom is 0.490 e. The number of nitrogens with zero attached hydrogens (tertiary/aromatic N) is 4. The zero-order chi connectivity index (χ0) is 21.8. The number of aromatic nitrogens is 3. The van der Waals surface area contributed by atoms with Gasteiger partial charge in [-0.2, -0.15) is 18.2 Å². The van der Waals surface area contributed by atoms with Crippen molar-refractivity contribution in [2.75, 3.05) is 19.0 Å². The Bertz CT molecular complexity index is 875. The van der Waals surface area contributed by atoms with Gasteiger partial charge in [0.1, 0.15) is 0 Å². The molecule has 2 rings (SSSR count). The van der Waals surface area contributed by atoms with E-state index in [1.165, 1.54) is 16.8 Å². The van der Waals surface area contributed by atoms with Crippen LogP contribution < -0.4 is 4.90 Å². The number of aliphatic carboxylic acids is 1. The van der Waals surface area contributed by atoms with Crippen LogP contribution >= 0.6 is 0 Å². The molecule has 0 spiro atoms. The molecule has 0 saturated heterocycles. The second kappa shape index (κ2) is 8.37. The molecule has 0 fully saturated rings. The van der Waals surface area contributed by atoms with E-state index >= 15 is 0 Å². The van der Waals surface area contributed by atoms with E-state index in [9.17, 15) is 22.8 Å². The highest BCUT2D eigenvalue weighted by atomic mass is 19.4. The molecule has 2 aromatic rings. The van der Waals surface area contributed by atoms with E-state index in [4.69, 9.17) is 20.1 Å². The van der Waals surface area contributed by atoms with Crippen molar-refractivity contribution in [3.8, 4) is 11.4 Å². The number of hydrogen-bond donors (Lipinski definition) is 3. The Labute approximate surface area is 155 Å².